The Balaban J connectivity index is 2.85. The average Bonchev–Trinajstić information content (AvgIpc) is 2.38. The van der Waals surface area contributed by atoms with Gasteiger partial charge >= 0.3 is 0 Å². The van der Waals surface area contributed by atoms with Crippen LogP contribution in [-0.4, -0.2) is 10.2 Å². The fraction of sp³-hybridized carbons (Fsp3) is 0.500. The first-order valence-electron chi connectivity index (χ1n) is 3.24. The van der Waals surface area contributed by atoms with Crippen LogP contribution in [-0.2, 0) is 5.66 Å². The molecule has 0 aliphatic carbocycles. The van der Waals surface area contributed by atoms with Crippen LogP contribution >= 0.6 is 0 Å². The van der Waals surface area contributed by atoms with Gasteiger partial charge < -0.3 is 11.5 Å². The first-order chi connectivity index (χ1) is 4.67. The van der Waals surface area contributed by atoms with Crippen molar-refractivity contribution in [3.05, 3.63) is 18.0 Å². The minimum atomic E-state index is -0.729. The van der Waals surface area contributed by atoms with Gasteiger partial charge in [-0.25, -0.2) is 0 Å². The average molecular weight is 140 g/mol. The van der Waals surface area contributed by atoms with Crippen molar-refractivity contribution in [3.63, 3.8) is 0 Å². The SMILES string of the molecule is CCC(N)(N)c1cn[nH]c1. The Bertz CT molecular complexity index is 190. The van der Waals surface area contributed by atoms with Gasteiger partial charge in [-0.15, -0.1) is 0 Å². The minimum Gasteiger partial charge on any atom is -0.310 e. The van der Waals surface area contributed by atoms with Gasteiger partial charge in [0, 0.05) is 11.8 Å². The summed E-state index contributed by atoms with van der Waals surface area (Å²) in [7, 11) is 0. The molecule has 4 heteroatoms. The van der Waals surface area contributed by atoms with Gasteiger partial charge in [0.15, 0.2) is 0 Å². The van der Waals surface area contributed by atoms with Crippen molar-refractivity contribution in [2.24, 2.45) is 11.5 Å². The highest BCUT2D eigenvalue weighted by atomic mass is 15.1. The van der Waals surface area contributed by atoms with Crippen molar-refractivity contribution in [1.29, 1.82) is 0 Å². The van der Waals surface area contributed by atoms with Gasteiger partial charge in [0.1, 0.15) is 0 Å². The van der Waals surface area contributed by atoms with Gasteiger partial charge in [0.25, 0.3) is 0 Å². The van der Waals surface area contributed by atoms with Crippen LogP contribution in [0, 0.1) is 0 Å². The summed E-state index contributed by atoms with van der Waals surface area (Å²) in [6, 6.07) is 0. The van der Waals surface area contributed by atoms with Crippen molar-refractivity contribution < 1.29 is 0 Å². The van der Waals surface area contributed by atoms with Crippen LogP contribution in [0.15, 0.2) is 12.4 Å². The first-order valence-corrected chi connectivity index (χ1v) is 3.24. The number of hydrogen-bond donors (Lipinski definition) is 3. The second-order valence-corrected chi connectivity index (χ2v) is 2.38. The molecule has 0 amide bonds. The predicted molar refractivity (Wildman–Crippen MR) is 38.9 cm³/mol. The Labute approximate surface area is 59.6 Å². The summed E-state index contributed by atoms with van der Waals surface area (Å²) >= 11 is 0. The zero-order valence-corrected chi connectivity index (χ0v) is 5.96. The van der Waals surface area contributed by atoms with Gasteiger partial charge in [-0.3, -0.25) is 5.10 Å². The van der Waals surface area contributed by atoms with Crippen molar-refractivity contribution in [3.8, 4) is 0 Å². The maximum Gasteiger partial charge on any atom is 0.0927 e. The Kier molecular flexibility index (Phi) is 1.74. The summed E-state index contributed by atoms with van der Waals surface area (Å²) in [5, 5.41) is 6.41. The summed E-state index contributed by atoms with van der Waals surface area (Å²) in [6.07, 6.45) is 4.06. The summed E-state index contributed by atoms with van der Waals surface area (Å²) in [5.41, 5.74) is 11.5. The lowest BCUT2D eigenvalue weighted by molar-refractivity contribution is 0.448. The molecule has 10 heavy (non-hydrogen) atoms. The molecule has 0 unspecified atom stereocenters. The highest BCUT2D eigenvalue weighted by Gasteiger charge is 2.19. The molecule has 0 atom stereocenters. The summed E-state index contributed by atoms with van der Waals surface area (Å²) in [5.74, 6) is 0. The molecule has 5 N–H and O–H groups in total. The van der Waals surface area contributed by atoms with Gasteiger partial charge in [-0.05, 0) is 6.42 Å². The van der Waals surface area contributed by atoms with E-state index in [1.165, 1.54) is 0 Å². The van der Waals surface area contributed by atoms with E-state index < -0.39 is 5.66 Å². The number of nitrogens with two attached hydrogens (primary N) is 2. The van der Waals surface area contributed by atoms with Crippen LogP contribution in [0.3, 0.4) is 0 Å². The topological polar surface area (TPSA) is 80.7 Å². The third-order valence-electron chi connectivity index (χ3n) is 1.62. The molecule has 1 rings (SSSR count). The number of rotatable bonds is 2. The predicted octanol–water partition coefficient (Wildman–Crippen LogP) is -0.110. The lowest BCUT2D eigenvalue weighted by Gasteiger charge is -2.20. The minimum absolute atomic E-state index is 0.701. The standard InChI is InChI=1S/C6H12N4/c1-2-6(7,8)5-3-9-10-4-5/h3-4H,2,7-8H2,1H3,(H,9,10). The van der Waals surface area contributed by atoms with Crippen LogP contribution < -0.4 is 11.5 Å². The summed E-state index contributed by atoms with van der Waals surface area (Å²) in [4.78, 5) is 0. The smallest absolute Gasteiger partial charge is 0.0927 e. The summed E-state index contributed by atoms with van der Waals surface area (Å²) in [6.45, 7) is 1.94. The highest BCUT2D eigenvalue weighted by Crippen LogP contribution is 2.12. The molecule has 0 aliphatic rings. The van der Waals surface area contributed by atoms with Crippen LogP contribution in [0.2, 0.25) is 0 Å². The third-order valence-corrected chi connectivity index (χ3v) is 1.62. The van der Waals surface area contributed by atoms with E-state index in [-0.39, 0.29) is 0 Å². The van der Waals surface area contributed by atoms with Crippen molar-refractivity contribution in [2.75, 3.05) is 0 Å². The number of aromatic amines is 1. The van der Waals surface area contributed by atoms with Gasteiger partial charge in [0.05, 0.1) is 11.9 Å². The molecular weight excluding hydrogens is 128 g/mol. The van der Waals surface area contributed by atoms with Gasteiger partial charge in [0.2, 0.25) is 0 Å². The molecule has 0 saturated carbocycles. The second kappa shape index (κ2) is 2.40. The van der Waals surface area contributed by atoms with E-state index in [1.54, 1.807) is 12.4 Å². The molecule has 1 aromatic rings. The van der Waals surface area contributed by atoms with E-state index in [9.17, 15) is 0 Å². The molecule has 1 aromatic heterocycles. The number of hydrogen-bond acceptors (Lipinski definition) is 3. The quantitative estimate of drug-likeness (QED) is 0.501. The normalized spacial score (nSPS) is 11.9. The number of aromatic nitrogens is 2. The molecule has 0 saturated heterocycles. The molecule has 0 bridgehead atoms. The Morgan fingerprint density at radius 1 is 1.70 bits per heavy atom. The van der Waals surface area contributed by atoms with E-state index >= 15 is 0 Å². The Morgan fingerprint density at radius 3 is 2.80 bits per heavy atom. The molecule has 0 spiro atoms. The third kappa shape index (κ3) is 1.17. The van der Waals surface area contributed by atoms with Crippen LogP contribution in [0.1, 0.15) is 18.9 Å². The summed E-state index contributed by atoms with van der Waals surface area (Å²) < 4.78 is 0. The second-order valence-electron chi connectivity index (χ2n) is 2.38. The van der Waals surface area contributed by atoms with Crippen molar-refractivity contribution in [2.45, 2.75) is 19.0 Å². The van der Waals surface area contributed by atoms with E-state index in [1.807, 2.05) is 6.92 Å². The zero-order valence-electron chi connectivity index (χ0n) is 5.96. The fourth-order valence-electron chi connectivity index (χ4n) is 0.710. The van der Waals surface area contributed by atoms with Crippen molar-refractivity contribution >= 4 is 0 Å². The number of nitrogens with one attached hydrogen (secondary N) is 1. The maximum absolute atomic E-state index is 5.70. The zero-order chi connectivity index (χ0) is 7.61. The van der Waals surface area contributed by atoms with Crippen LogP contribution in [0.5, 0.6) is 0 Å². The number of nitrogens with zero attached hydrogens (tertiary/aromatic N) is 1. The molecule has 0 aromatic carbocycles. The van der Waals surface area contributed by atoms with Crippen LogP contribution in [0.4, 0.5) is 0 Å². The Morgan fingerprint density at radius 2 is 2.40 bits per heavy atom. The molecular formula is C6H12N4. The molecule has 0 fully saturated rings. The lowest BCUT2D eigenvalue weighted by Crippen LogP contribution is -2.44. The van der Waals surface area contributed by atoms with Gasteiger partial charge in [-0.1, -0.05) is 6.92 Å². The molecule has 4 nitrogen and oxygen atoms in total. The monoisotopic (exact) mass is 140 g/mol. The molecule has 56 valence electrons. The van der Waals surface area contributed by atoms with E-state index in [2.05, 4.69) is 10.2 Å². The lowest BCUT2D eigenvalue weighted by atomic mass is 10.0. The largest absolute Gasteiger partial charge is 0.310 e. The Hall–Kier alpha value is -0.870. The van der Waals surface area contributed by atoms with E-state index in [0.29, 0.717) is 6.42 Å². The highest BCUT2D eigenvalue weighted by molar-refractivity contribution is 5.13. The van der Waals surface area contributed by atoms with E-state index in [0.717, 1.165) is 5.56 Å². The maximum atomic E-state index is 5.70. The molecule has 0 aliphatic heterocycles. The van der Waals surface area contributed by atoms with Gasteiger partial charge in [-0.2, -0.15) is 5.10 Å². The van der Waals surface area contributed by atoms with Crippen molar-refractivity contribution in [1.82, 2.24) is 10.2 Å². The molecule has 1 heterocycles. The fourth-order valence-corrected chi connectivity index (χ4v) is 0.710. The molecule has 0 radical (unpaired) electrons. The van der Waals surface area contributed by atoms with E-state index in [4.69, 9.17) is 11.5 Å². The first kappa shape index (κ1) is 7.24. The van der Waals surface area contributed by atoms with Crippen LogP contribution in [0.25, 0.3) is 0 Å². The number of H-pyrrole nitrogens is 1.